The molecule has 0 aromatic heterocycles. The number of benzene rings is 2. The van der Waals surface area contributed by atoms with Crippen LogP contribution in [-0.2, 0) is 11.0 Å². The quantitative estimate of drug-likeness (QED) is 0.396. The van der Waals surface area contributed by atoms with Gasteiger partial charge in [0.1, 0.15) is 5.78 Å². The van der Waals surface area contributed by atoms with Crippen molar-refractivity contribution in [3.05, 3.63) is 53.6 Å². The van der Waals surface area contributed by atoms with Gasteiger partial charge >= 0.3 is 6.18 Å². The van der Waals surface area contributed by atoms with Crippen LogP contribution in [-0.4, -0.2) is 18.4 Å². The van der Waals surface area contributed by atoms with Crippen molar-refractivity contribution in [2.75, 3.05) is 11.4 Å². The second-order valence-electron chi connectivity index (χ2n) is 9.81. The summed E-state index contributed by atoms with van der Waals surface area (Å²) in [4.78, 5) is 15.1. The van der Waals surface area contributed by atoms with Crippen LogP contribution in [0.3, 0.4) is 0 Å². The van der Waals surface area contributed by atoms with Crippen molar-refractivity contribution in [2.24, 2.45) is 5.92 Å². The number of ketones is 1. The summed E-state index contributed by atoms with van der Waals surface area (Å²) in [6, 6.07) is 12.0. The first-order chi connectivity index (χ1) is 15.6. The van der Waals surface area contributed by atoms with Gasteiger partial charge in [0.15, 0.2) is 0 Å². The van der Waals surface area contributed by atoms with E-state index in [0.29, 0.717) is 12.0 Å². The Bertz CT molecular complexity index is 931. The molecule has 2 aromatic rings. The molecule has 0 spiro atoms. The fourth-order valence-corrected chi connectivity index (χ4v) is 5.00. The highest BCUT2D eigenvalue weighted by Gasteiger charge is 2.30. The number of rotatable bonds is 8. The lowest BCUT2D eigenvalue weighted by molar-refractivity contribution is -0.137. The maximum Gasteiger partial charge on any atom is 0.416 e. The van der Waals surface area contributed by atoms with Gasteiger partial charge in [-0.3, -0.25) is 4.79 Å². The molecule has 0 radical (unpaired) electrons. The van der Waals surface area contributed by atoms with Crippen molar-refractivity contribution < 1.29 is 18.0 Å². The molecule has 2 unspecified atom stereocenters. The molecule has 3 rings (SSSR count). The number of hydrogen-bond acceptors (Lipinski definition) is 2. The van der Waals surface area contributed by atoms with Crippen LogP contribution in [0.2, 0.25) is 0 Å². The zero-order valence-corrected chi connectivity index (χ0v) is 20.2. The van der Waals surface area contributed by atoms with E-state index in [4.69, 9.17) is 0 Å². The minimum Gasteiger partial charge on any atom is -0.369 e. The van der Waals surface area contributed by atoms with E-state index in [9.17, 15) is 18.0 Å². The van der Waals surface area contributed by atoms with Crippen LogP contribution in [0.15, 0.2) is 42.5 Å². The van der Waals surface area contributed by atoms with Gasteiger partial charge in [-0.15, -0.1) is 0 Å². The standard InChI is InChI=1S/C28H36F3NO/c1-5-8-25-9-6-7-14-32(25)26-17-22(21-10-12-24(13-11-21)28(29,30)31)16-23(18-26)27(20(4)33)15-19(2)3/h10-13,16-19,25,27H,5-9,14-15H2,1-4H3. The molecule has 0 N–H and O–H groups in total. The average Bonchev–Trinajstić information content (AvgIpc) is 2.77. The number of hydrogen-bond donors (Lipinski definition) is 0. The van der Waals surface area contributed by atoms with Gasteiger partial charge < -0.3 is 4.90 Å². The fourth-order valence-electron chi connectivity index (χ4n) is 5.00. The summed E-state index contributed by atoms with van der Waals surface area (Å²) < 4.78 is 39.2. The summed E-state index contributed by atoms with van der Waals surface area (Å²) >= 11 is 0. The van der Waals surface area contributed by atoms with Crippen LogP contribution in [0.1, 0.15) is 83.3 Å². The molecule has 0 saturated carbocycles. The van der Waals surface area contributed by atoms with Gasteiger partial charge in [0.05, 0.1) is 5.56 Å². The highest BCUT2D eigenvalue weighted by Crippen LogP contribution is 2.37. The van der Waals surface area contributed by atoms with E-state index >= 15 is 0 Å². The Kier molecular flexibility index (Phi) is 8.25. The van der Waals surface area contributed by atoms with Crippen LogP contribution < -0.4 is 4.90 Å². The van der Waals surface area contributed by atoms with Crippen molar-refractivity contribution in [1.29, 1.82) is 0 Å². The number of halogens is 3. The van der Waals surface area contributed by atoms with Crippen molar-refractivity contribution in [1.82, 2.24) is 0 Å². The molecule has 180 valence electrons. The normalized spacial score (nSPS) is 17.9. The first-order valence-corrected chi connectivity index (χ1v) is 12.2. The molecule has 1 aliphatic heterocycles. The second kappa shape index (κ2) is 10.8. The topological polar surface area (TPSA) is 20.3 Å². The first-order valence-electron chi connectivity index (χ1n) is 12.2. The Morgan fingerprint density at radius 2 is 1.76 bits per heavy atom. The summed E-state index contributed by atoms with van der Waals surface area (Å²) in [6.45, 7) is 9.02. The van der Waals surface area contributed by atoms with Crippen LogP contribution in [0.5, 0.6) is 0 Å². The fraction of sp³-hybridized carbons (Fsp3) is 0.536. The molecule has 5 heteroatoms. The highest BCUT2D eigenvalue weighted by molar-refractivity contribution is 5.85. The van der Waals surface area contributed by atoms with Crippen molar-refractivity contribution in [3.63, 3.8) is 0 Å². The molecule has 0 aliphatic carbocycles. The van der Waals surface area contributed by atoms with Crippen molar-refractivity contribution in [2.45, 2.75) is 84.4 Å². The number of Topliss-reactive ketones (excluding diaryl/α,β-unsaturated/α-hetero) is 1. The molecule has 2 nitrogen and oxygen atoms in total. The number of nitrogens with zero attached hydrogens (tertiary/aromatic N) is 1. The molecule has 1 fully saturated rings. The van der Waals surface area contributed by atoms with E-state index < -0.39 is 11.7 Å². The largest absolute Gasteiger partial charge is 0.416 e. The summed E-state index contributed by atoms with van der Waals surface area (Å²) in [5.74, 6) is 0.274. The van der Waals surface area contributed by atoms with Crippen molar-refractivity contribution in [3.8, 4) is 11.1 Å². The summed E-state index contributed by atoms with van der Waals surface area (Å²) in [6.07, 6.45) is 2.11. The molecular weight excluding hydrogens is 423 g/mol. The minimum absolute atomic E-state index is 0.128. The average molecular weight is 460 g/mol. The lowest BCUT2D eigenvalue weighted by atomic mass is 9.85. The van der Waals surface area contributed by atoms with Gasteiger partial charge in [-0.05, 0) is 85.9 Å². The predicted molar refractivity (Wildman–Crippen MR) is 130 cm³/mol. The smallest absolute Gasteiger partial charge is 0.369 e. The van der Waals surface area contributed by atoms with Gasteiger partial charge in [0, 0.05) is 24.2 Å². The molecule has 0 bridgehead atoms. The van der Waals surface area contributed by atoms with E-state index in [1.54, 1.807) is 6.92 Å². The predicted octanol–water partition coefficient (Wildman–Crippen LogP) is 8.25. The SMILES string of the molecule is CCCC1CCCCN1c1cc(-c2ccc(C(F)(F)F)cc2)cc(C(CC(C)C)C(C)=O)c1. The summed E-state index contributed by atoms with van der Waals surface area (Å²) in [7, 11) is 0. The number of anilines is 1. The lowest BCUT2D eigenvalue weighted by Crippen LogP contribution is -2.39. The molecule has 0 amide bonds. The van der Waals surface area contributed by atoms with Crippen molar-refractivity contribution >= 4 is 11.5 Å². The zero-order chi connectivity index (χ0) is 24.2. The van der Waals surface area contributed by atoms with E-state index in [1.165, 1.54) is 18.6 Å². The van der Waals surface area contributed by atoms with Gasteiger partial charge in [-0.2, -0.15) is 13.2 Å². The highest BCUT2D eigenvalue weighted by atomic mass is 19.4. The molecule has 1 saturated heterocycles. The van der Waals surface area contributed by atoms with Gasteiger partial charge in [0.2, 0.25) is 0 Å². The Labute approximate surface area is 196 Å². The molecule has 2 aromatic carbocycles. The first kappa shape index (κ1) is 25.3. The summed E-state index contributed by atoms with van der Waals surface area (Å²) in [5.41, 5.74) is 3.00. The van der Waals surface area contributed by atoms with Crippen LogP contribution in [0.25, 0.3) is 11.1 Å². The number of carbonyl (C=O) groups is 1. The molecule has 1 aliphatic rings. The number of alkyl halides is 3. The van der Waals surface area contributed by atoms with Crippen LogP contribution in [0, 0.1) is 5.92 Å². The maximum atomic E-state index is 13.1. The van der Waals surface area contributed by atoms with E-state index in [-0.39, 0.29) is 11.7 Å². The third-order valence-electron chi connectivity index (χ3n) is 6.67. The van der Waals surface area contributed by atoms with Gasteiger partial charge in [-0.1, -0.05) is 45.4 Å². The lowest BCUT2D eigenvalue weighted by Gasteiger charge is -2.38. The minimum atomic E-state index is -4.36. The Morgan fingerprint density at radius 1 is 1.06 bits per heavy atom. The number of carbonyl (C=O) groups excluding carboxylic acids is 1. The Balaban J connectivity index is 2.10. The summed E-state index contributed by atoms with van der Waals surface area (Å²) in [5, 5.41) is 0. The van der Waals surface area contributed by atoms with E-state index in [0.717, 1.165) is 73.2 Å². The molecule has 33 heavy (non-hydrogen) atoms. The third-order valence-corrected chi connectivity index (χ3v) is 6.67. The third kappa shape index (κ3) is 6.39. The number of piperidine rings is 1. The second-order valence-corrected chi connectivity index (χ2v) is 9.81. The zero-order valence-electron chi connectivity index (χ0n) is 20.2. The van der Waals surface area contributed by atoms with E-state index in [2.05, 4.69) is 37.8 Å². The monoisotopic (exact) mass is 459 g/mol. The molecular formula is C28H36F3NO. The van der Waals surface area contributed by atoms with Crippen LogP contribution in [0.4, 0.5) is 18.9 Å². The van der Waals surface area contributed by atoms with E-state index in [1.807, 2.05) is 6.07 Å². The Hall–Kier alpha value is -2.30. The Morgan fingerprint density at radius 3 is 2.33 bits per heavy atom. The van der Waals surface area contributed by atoms with Gasteiger partial charge in [0.25, 0.3) is 0 Å². The molecule has 2 atom stereocenters. The van der Waals surface area contributed by atoms with Gasteiger partial charge in [-0.25, -0.2) is 0 Å². The maximum absolute atomic E-state index is 13.1. The molecule has 1 heterocycles. The van der Waals surface area contributed by atoms with Crippen LogP contribution >= 0.6 is 0 Å².